The number of nitroso groups, excluding NO2 is 1. The van der Waals surface area contributed by atoms with Gasteiger partial charge in [-0.2, -0.15) is 4.91 Å². The third-order valence-corrected chi connectivity index (χ3v) is 0.183. The second-order valence-corrected chi connectivity index (χ2v) is 0.610. The van der Waals surface area contributed by atoms with Crippen molar-refractivity contribution in [2.24, 2.45) is 0 Å². The molecule has 10 heavy (non-hydrogen) atoms. The fourth-order valence-corrected chi connectivity index (χ4v) is 0. The minimum absolute atomic E-state index is 0. The van der Waals surface area contributed by atoms with E-state index in [1.54, 1.807) is 0 Å². The summed E-state index contributed by atoms with van der Waals surface area (Å²) < 4.78 is 0. The summed E-state index contributed by atoms with van der Waals surface area (Å²) in [7, 11) is 0. The number of nitrogens with one attached hydrogen (secondary N) is 1. The number of hydrogen-bond acceptors (Lipinski definition) is 4. The van der Waals surface area contributed by atoms with Crippen molar-refractivity contribution in [1.29, 1.82) is 5.59 Å². The molecule has 0 rings (SSSR count). The average molecular weight is 232 g/mol. The second kappa shape index (κ2) is 15.7. The topological polar surface area (TPSA) is 147 Å². The summed E-state index contributed by atoms with van der Waals surface area (Å²) in [6.07, 6.45) is 0. The van der Waals surface area contributed by atoms with Crippen molar-refractivity contribution in [2.45, 2.75) is 0 Å². The maximum Gasteiger partial charge on any atom is 0.414 e. The van der Waals surface area contributed by atoms with Crippen LogP contribution < -0.4 is 0 Å². The van der Waals surface area contributed by atoms with E-state index in [1.807, 2.05) is 0 Å². The fraction of sp³-hybridized carbons (Fsp3) is 0. The summed E-state index contributed by atoms with van der Waals surface area (Å²) in [6.45, 7) is 0. The molecule has 0 unspecified atom stereocenters. The van der Waals surface area contributed by atoms with E-state index in [1.165, 1.54) is 0 Å². The normalized spacial score (nSPS) is 4.80. The van der Waals surface area contributed by atoms with Crippen LogP contribution in [-0.2, 0) is 32.0 Å². The van der Waals surface area contributed by atoms with Crippen molar-refractivity contribution in [1.82, 2.24) is 0 Å². The van der Waals surface area contributed by atoms with E-state index in [2.05, 4.69) is 5.59 Å². The van der Waals surface area contributed by atoms with Crippen LogP contribution in [-0.4, -0.2) is 27.6 Å². The molecule has 0 bridgehead atoms. The zero-order valence-corrected chi connectivity index (χ0v) is 6.76. The largest absolute Gasteiger partial charge is 0.473 e. The number of carboxylic acid groups (broad SMARTS) is 2. The molecule has 0 spiro atoms. The molecule has 0 aliphatic heterocycles. The first-order chi connectivity index (χ1) is 3.64. The minimum Gasteiger partial charge on any atom is -0.473 e. The van der Waals surface area contributed by atoms with E-state index in [4.69, 9.17) is 24.7 Å². The molecule has 1 radical (unpaired) electrons. The molecule has 0 aromatic rings. The molecule has 0 saturated heterocycles. The number of rotatable bonds is 0. The number of carbonyl (C=O) groups is 2. The van der Waals surface area contributed by atoms with Crippen LogP contribution in [0.4, 0.5) is 0 Å². The Morgan fingerprint density at radius 2 is 1.10 bits per heavy atom. The molecule has 7 nitrogen and oxygen atoms in total. The van der Waals surface area contributed by atoms with Gasteiger partial charge < -0.3 is 15.7 Å². The molecule has 59 valence electrons. The maximum atomic E-state index is 9.10. The van der Waals surface area contributed by atoms with E-state index in [-0.39, 0.29) is 27.9 Å². The Bertz CT molecular complexity index is 91.9. The smallest absolute Gasteiger partial charge is 0.414 e. The van der Waals surface area contributed by atoms with Crippen molar-refractivity contribution in [3.8, 4) is 0 Å². The van der Waals surface area contributed by atoms with Crippen LogP contribution in [0.1, 0.15) is 0 Å². The summed E-state index contributed by atoms with van der Waals surface area (Å²) >= 11 is 0. The number of hydrogen-bond donors (Lipinski definition) is 3. The number of carboxylic acids is 2. The summed E-state index contributed by atoms with van der Waals surface area (Å²) in [5, 5.41) is 14.8. The zero-order valence-electron chi connectivity index (χ0n) is 4.57. The maximum absolute atomic E-state index is 9.10. The van der Waals surface area contributed by atoms with Crippen LogP contribution in [0.3, 0.4) is 0 Å². The second-order valence-electron chi connectivity index (χ2n) is 0.610. The number of aliphatic carboxylic acids is 2. The quantitative estimate of drug-likeness (QED) is 0.268. The van der Waals surface area contributed by atoms with Gasteiger partial charge >= 0.3 is 11.9 Å². The molecule has 0 amide bonds. The van der Waals surface area contributed by atoms with E-state index in [0.717, 1.165) is 0 Å². The SMILES string of the molecule is N=O.O.O=C(O)C(=O)O.[Nb]. The summed E-state index contributed by atoms with van der Waals surface area (Å²) in [5.74, 6) is -3.65. The van der Waals surface area contributed by atoms with Crippen molar-refractivity contribution in [3.63, 3.8) is 0 Å². The van der Waals surface area contributed by atoms with Crippen molar-refractivity contribution >= 4 is 11.9 Å². The molecule has 0 aromatic carbocycles. The van der Waals surface area contributed by atoms with E-state index < -0.39 is 11.9 Å². The molecule has 8 heteroatoms. The zero-order chi connectivity index (χ0) is 7.15. The molecule has 0 fully saturated rings. The van der Waals surface area contributed by atoms with Gasteiger partial charge in [0.1, 0.15) is 0 Å². The first-order valence-electron chi connectivity index (χ1n) is 1.31. The van der Waals surface area contributed by atoms with Crippen LogP contribution in [0, 0.1) is 10.5 Å². The van der Waals surface area contributed by atoms with Gasteiger partial charge in [0.15, 0.2) is 0 Å². The van der Waals surface area contributed by atoms with E-state index in [0.29, 0.717) is 0 Å². The van der Waals surface area contributed by atoms with Gasteiger partial charge in [-0.25, -0.2) is 9.59 Å². The third kappa shape index (κ3) is 26.9. The summed E-state index contributed by atoms with van der Waals surface area (Å²) in [4.78, 5) is 25.7. The van der Waals surface area contributed by atoms with Gasteiger partial charge in [0.25, 0.3) is 0 Å². The monoisotopic (exact) mass is 232 g/mol. The Balaban J connectivity index is -0.0000000412. The summed E-state index contributed by atoms with van der Waals surface area (Å²) in [6, 6.07) is 0. The van der Waals surface area contributed by atoms with Crippen molar-refractivity contribution in [3.05, 3.63) is 4.91 Å². The molecule has 0 atom stereocenters. The van der Waals surface area contributed by atoms with Crippen molar-refractivity contribution < 1.29 is 47.7 Å². The van der Waals surface area contributed by atoms with E-state index >= 15 is 0 Å². The molecule has 0 aliphatic carbocycles. The predicted molar refractivity (Wildman–Crippen MR) is 25.0 cm³/mol. The summed E-state index contributed by atoms with van der Waals surface area (Å²) in [5.41, 5.74) is 4.50. The Morgan fingerprint density at radius 3 is 1.10 bits per heavy atom. The van der Waals surface area contributed by atoms with Crippen LogP contribution in [0.25, 0.3) is 0 Å². The van der Waals surface area contributed by atoms with Crippen LogP contribution in [0.5, 0.6) is 0 Å². The fourth-order valence-electron chi connectivity index (χ4n) is 0. The standard InChI is InChI=1S/C2H2O4.HNO.Nb.H2O/c3-1(4)2(5)6;1-2;;/h(H,3,4)(H,5,6);1H;;1H2. The predicted octanol–water partition coefficient (Wildman–Crippen LogP) is -1.34. The Morgan fingerprint density at radius 1 is 1.00 bits per heavy atom. The van der Waals surface area contributed by atoms with E-state index in [9.17, 15) is 0 Å². The molecule has 0 aliphatic rings. The minimum atomic E-state index is -1.82. The Kier molecular flexibility index (Phi) is 35.9. The Hall–Kier alpha value is -0.760. The molecular formula is C2H5NNbO6. The molecule has 0 saturated carbocycles. The molecule has 0 aromatic heterocycles. The molecular weight excluding hydrogens is 227 g/mol. The third-order valence-electron chi connectivity index (χ3n) is 0.183. The first-order valence-corrected chi connectivity index (χ1v) is 1.31. The molecule has 5 N–H and O–H groups in total. The van der Waals surface area contributed by atoms with Gasteiger partial charge in [-0.3, -0.25) is 0 Å². The average Bonchev–Trinajstić information content (AvgIpc) is 1.72. The van der Waals surface area contributed by atoms with Crippen LogP contribution in [0.2, 0.25) is 0 Å². The van der Waals surface area contributed by atoms with Gasteiger partial charge in [-0.1, -0.05) is 5.59 Å². The molecule has 0 heterocycles. The van der Waals surface area contributed by atoms with Crippen molar-refractivity contribution in [2.75, 3.05) is 0 Å². The van der Waals surface area contributed by atoms with Crippen LogP contribution in [0.15, 0.2) is 0 Å². The van der Waals surface area contributed by atoms with Crippen LogP contribution >= 0.6 is 0 Å². The van der Waals surface area contributed by atoms with Gasteiger partial charge in [0.05, 0.1) is 0 Å². The van der Waals surface area contributed by atoms with Gasteiger partial charge in [0, 0.05) is 22.4 Å². The van der Waals surface area contributed by atoms with Gasteiger partial charge in [0.2, 0.25) is 0 Å². The Labute approximate surface area is 70.6 Å². The first kappa shape index (κ1) is 22.8. The van der Waals surface area contributed by atoms with Gasteiger partial charge in [-0.15, -0.1) is 0 Å². The van der Waals surface area contributed by atoms with Gasteiger partial charge in [-0.05, 0) is 0 Å².